The van der Waals surface area contributed by atoms with E-state index in [2.05, 4.69) is 20.8 Å². The van der Waals surface area contributed by atoms with Crippen molar-refractivity contribution in [3.8, 4) is 0 Å². The molecule has 1 aromatic carbocycles. The van der Waals surface area contributed by atoms with Crippen LogP contribution in [0.15, 0.2) is 18.2 Å². The van der Waals surface area contributed by atoms with Crippen molar-refractivity contribution in [1.29, 1.82) is 0 Å². The van der Waals surface area contributed by atoms with Crippen molar-refractivity contribution < 1.29 is 0 Å². The van der Waals surface area contributed by atoms with Crippen LogP contribution in [0.4, 0.5) is 0 Å². The fraction of sp³-hybridized carbons (Fsp3) is 0.538. The van der Waals surface area contributed by atoms with E-state index in [1.807, 2.05) is 12.1 Å². The van der Waals surface area contributed by atoms with Crippen LogP contribution < -0.4 is 5.73 Å². The molecule has 0 aliphatic heterocycles. The van der Waals surface area contributed by atoms with Gasteiger partial charge in [0.05, 0.1) is 10.0 Å². The first-order chi connectivity index (χ1) is 7.40. The molecule has 3 heteroatoms. The minimum Gasteiger partial charge on any atom is -0.325 e. The monoisotopic (exact) mass is 259 g/mol. The summed E-state index contributed by atoms with van der Waals surface area (Å²) in [6.07, 6.45) is 1.69. The summed E-state index contributed by atoms with van der Waals surface area (Å²) in [5.41, 5.74) is 7.21. The van der Waals surface area contributed by atoms with Crippen LogP contribution >= 0.6 is 23.2 Å². The molecule has 1 unspecified atom stereocenters. The molecule has 16 heavy (non-hydrogen) atoms. The lowest BCUT2D eigenvalue weighted by atomic mass is 9.80. The fourth-order valence-electron chi connectivity index (χ4n) is 1.78. The van der Waals surface area contributed by atoms with Crippen LogP contribution in [-0.4, -0.2) is 5.54 Å². The lowest BCUT2D eigenvalue weighted by molar-refractivity contribution is 0.296. The van der Waals surface area contributed by atoms with Crippen LogP contribution in [0.25, 0.3) is 0 Å². The van der Waals surface area contributed by atoms with E-state index in [4.69, 9.17) is 28.9 Å². The second-order valence-corrected chi connectivity index (χ2v) is 5.42. The Kier molecular flexibility index (Phi) is 4.66. The maximum Gasteiger partial charge on any atom is 0.0624 e. The van der Waals surface area contributed by atoms with Gasteiger partial charge in [-0.2, -0.15) is 0 Å². The summed E-state index contributed by atoms with van der Waals surface area (Å²) in [6, 6.07) is 5.71. The van der Waals surface area contributed by atoms with Gasteiger partial charge >= 0.3 is 0 Å². The number of nitrogens with two attached hydrogens (primary N) is 1. The Labute approximate surface area is 108 Å². The van der Waals surface area contributed by atoms with E-state index in [9.17, 15) is 0 Å². The molecule has 1 rings (SSSR count). The topological polar surface area (TPSA) is 26.0 Å². The molecule has 90 valence electrons. The normalized spacial score (nSPS) is 15.2. The summed E-state index contributed by atoms with van der Waals surface area (Å²) < 4.78 is 0. The molecule has 1 atom stereocenters. The molecule has 0 heterocycles. The summed E-state index contributed by atoms with van der Waals surface area (Å²) in [7, 11) is 0. The summed E-state index contributed by atoms with van der Waals surface area (Å²) in [5.74, 6) is 0.410. The van der Waals surface area contributed by atoms with Crippen molar-refractivity contribution in [3.63, 3.8) is 0 Å². The summed E-state index contributed by atoms with van der Waals surface area (Å²) >= 11 is 12.2. The molecule has 2 N–H and O–H groups in total. The predicted octanol–water partition coefficient (Wildman–Crippen LogP) is 4.30. The highest BCUT2D eigenvalue weighted by Crippen LogP contribution is 2.31. The first-order valence-electron chi connectivity index (χ1n) is 5.62. The Morgan fingerprint density at radius 1 is 1.31 bits per heavy atom. The quantitative estimate of drug-likeness (QED) is 0.858. The molecule has 0 fully saturated rings. The largest absolute Gasteiger partial charge is 0.325 e. The zero-order valence-corrected chi connectivity index (χ0v) is 11.6. The minimum absolute atomic E-state index is 0.214. The number of hydrogen-bond acceptors (Lipinski definition) is 1. The van der Waals surface area contributed by atoms with Crippen LogP contribution in [0.2, 0.25) is 10.0 Å². The molecule has 0 bridgehead atoms. The van der Waals surface area contributed by atoms with Crippen LogP contribution in [0, 0.1) is 5.92 Å². The molecular weight excluding hydrogens is 241 g/mol. The van der Waals surface area contributed by atoms with E-state index in [0.29, 0.717) is 16.0 Å². The van der Waals surface area contributed by atoms with Gasteiger partial charge < -0.3 is 5.73 Å². The van der Waals surface area contributed by atoms with Crippen molar-refractivity contribution in [1.82, 2.24) is 0 Å². The molecule has 1 aromatic rings. The highest BCUT2D eigenvalue weighted by atomic mass is 35.5. The zero-order chi connectivity index (χ0) is 12.3. The molecule has 0 spiro atoms. The number of rotatable bonds is 4. The molecule has 0 amide bonds. The Morgan fingerprint density at radius 3 is 2.44 bits per heavy atom. The summed E-state index contributed by atoms with van der Waals surface area (Å²) in [6.45, 7) is 6.39. The van der Waals surface area contributed by atoms with Crippen LogP contribution in [0.5, 0.6) is 0 Å². The second-order valence-electron chi connectivity index (χ2n) is 4.63. The Bertz CT molecular complexity index is 363. The molecule has 0 aliphatic rings. The minimum atomic E-state index is -0.214. The highest BCUT2D eigenvalue weighted by molar-refractivity contribution is 6.42. The standard InChI is InChI=1S/C13H19Cl2N/c1-4-13(16,9(2)3)8-10-6-5-7-11(14)12(10)15/h5-7,9H,4,8,16H2,1-3H3. The lowest BCUT2D eigenvalue weighted by Gasteiger charge is -2.33. The fourth-order valence-corrected chi connectivity index (χ4v) is 2.16. The molecule has 0 saturated heterocycles. The molecule has 0 aromatic heterocycles. The van der Waals surface area contributed by atoms with Gasteiger partial charge in [-0.25, -0.2) is 0 Å². The maximum atomic E-state index is 6.39. The van der Waals surface area contributed by atoms with Gasteiger partial charge in [0.25, 0.3) is 0 Å². The first kappa shape index (κ1) is 13.8. The van der Waals surface area contributed by atoms with Gasteiger partial charge in [-0.15, -0.1) is 0 Å². The molecule has 0 radical (unpaired) electrons. The highest BCUT2D eigenvalue weighted by Gasteiger charge is 2.28. The van der Waals surface area contributed by atoms with Gasteiger partial charge in [-0.3, -0.25) is 0 Å². The van der Waals surface area contributed by atoms with Crippen LogP contribution in [0.3, 0.4) is 0 Å². The number of benzene rings is 1. The molecule has 0 saturated carbocycles. The van der Waals surface area contributed by atoms with Gasteiger partial charge in [-0.05, 0) is 30.4 Å². The van der Waals surface area contributed by atoms with Crippen molar-refractivity contribution in [2.24, 2.45) is 11.7 Å². The van der Waals surface area contributed by atoms with Crippen molar-refractivity contribution >= 4 is 23.2 Å². The first-order valence-corrected chi connectivity index (χ1v) is 6.38. The number of hydrogen-bond donors (Lipinski definition) is 1. The average Bonchev–Trinajstić information content (AvgIpc) is 2.24. The summed E-state index contributed by atoms with van der Waals surface area (Å²) in [4.78, 5) is 0. The summed E-state index contributed by atoms with van der Waals surface area (Å²) in [5, 5.41) is 1.23. The van der Waals surface area contributed by atoms with Gasteiger partial charge in [-0.1, -0.05) is 56.1 Å². The van der Waals surface area contributed by atoms with E-state index in [1.165, 1.54) is 0 Å². The smallest absolute Gasteiger partial charge is 0.0624 e. The van der Waals surface area contributed by atoms with E-state index in [1.54, 1.807) is 6.07 Å². The molecule has 1 nitrogen and oxygen atoms in total. The Morgan fingerprint density at radius 2 is 1.94 bits per heavy atom. The van der Waals surface area contributed by atoms with Gasteiger partial charge in [0.2, 0.25) is 0 Å². The molecule has 0 aliphatic carbocycles. The SMILES string of the molecule is CCC(N)(Cc1cccc(Cl)c1Cl)C(C)C. The van der Waals surface area contributed by atoms with Crippen molar-refractivity contribution in [2.45, 2.75) is 39.2 Å². The van der Waals surface area contributed by atoms with Crippen molar-refractivity contribution in [2.75, 3.05) is 0 Å². The van der Waals surface area contributed by atoms with E-state index in [0.717, 1.165) is 18.4 Å². The van der Waals surface area contributed by atoms with E-state index < -0.39 is 0 Å². The van der Waals surface area contributed by atoms with Gasteiger partial charge in [0, 0.05) is 5.54 Å². The second kappa shape index (κ2) is 5.39. The lowest BCUT2D eigenvalue weighted by Crippen LogP contribution is -2.46. The average molecular weight is 260 g/mol. The van der Waals surface area contributed by atoms with Gasteiger partial charge in [0.1, 0.15) is 0 Å². The number of halogens is 2. The maximum absolute atomic E-state index is 6.39. The van der Waals surface area contributed by atoms with E-state index >= 15 is 0 Å². The predicted molar refractivity (Wildman–Crippen MR) is 72.2 cm³/mol. The third-order valence-corrected chi connectivity index (χ3v) is 4.22. The third kappa shape index (κ3) is 2.91. The van der Waals surface area contributed by atoms with Crippen molar-refractivity contribution in [3.05, 3.63) is 33.8 Å². The third-order valence-electron chi connectivity index (χ3n) is 3.36. The Balaban J connectivity index is 2.99. The zero-order valence-electron chi connectivity index (χ0n) is 10.1. The molecular formula is C13H19Cl2N. The van der Waals surface area contributed by atoms with Crippen LogP contribution in [0.1, 0.15) is 32.8 Å². The van der Waals surface area contributed by atoms with Gasteiger partial charge in [0.15, 0.2) is 0 Å². The Hall–Kier alpha value is -0.240. The van der Waals surface area contributed by atoms with Crippen LogP contribution in [-0.2, 0) is 6.42 Å². The van der Waals surface area contributed by atoms with E-state index in [-0.39, 0.29) is 5.54 Å².